The van der Waals surface area contributed by atoms with E-state index in [0.717, 1.165) is 48.8 Å². The van der Waals surface area contributed by atoms with Gasteiger partial charge in [0, 0.05) is 24.2 Å². The molecule has 0 radical (unpaired) electrons. The molecular formula is C27H30F3N7O4. The third kappa shape index (κ3) is 7.32. The van der Waals surface area contributed by atoms with Crippen molar-refractivity contribution in [3.05, 3.63) is 66.0 Å². The number of methoxy groups -OCH3 is 1. The van der Waals surface area contributed by atoms with Crippen molar-refractivity contribution in [2.24, 2.45) is 0 Å². The molecule has 1 aliphatic rings. The van der Waals surface area contributed by atoms with Crippen molar-refractivity contribution in [2.45, 2.75) is 51.7 Å². The number of nitrogens with one attached hydrogen (secondary N) is 1. The lowest BCUT2D eigenvalue weighted by Crippen LogP contribution is -2.21. The first kappa shape index (κ1) is 29.4. The number of aromatic nitrogens is 6. The van der Waals surface area contributed by atoms with Gasteiger partial charge < -0.3 is 19.9 Å². The first-order chi connectivity index (χ1) is 19.6. The molecule has 0 saturated heterocycles. The minimum absolute atomic E-state index is 0.202. The number of anilines is 2. The number of ether oxygens (including phenoxy) is 2. The highest BCUT2D eigenvalue weighted by Gasteiger charge is 2.38. The first-order valence-corrected chi connectivity index (χ1v) is 12.9. The average Bonchev–Trinajstić information content (AvgIpc) is 3.49. The molecule has 0 saturated carbocycles. The summed E-state index contributed by atoms with van der Waals surface area (Å²) in [6.07, 6.45) is -0.128. The number of carboxylic acids is 1. The Kier molecular flexibility index (Phi) is 9.10. The number of carboxylic acid groups (broad SMARTS) is 1. The molecule has 3 heterocycles. The number of alkyl halides is 3. The van der Waals surface area contributed by atoms with Crippen LogP contribution in [0.3, 0.4) is 0 Å². The van der Waals surface area contributed by atoms with Crippen molar-refractivity contribution in [2.75, 3.05) is 19.0 Å². The molecule has 2 aromatic heterocycles. The van der Waals surface area contributed by atoms with Crippen LogP contribution in [-0.2, 0) is 11.3 Å². The van der Waals surface area contributed by atoms with E-state index in [2.05, 4.69) is 27.5 Å². The highest BCUT2D eigenvalue weighted by atomic mass is 19.4. The molecule has 0 amide bonds. The summed E-state index contributed by atoms with van der Waals surface area (Å²) in [5.41, 5.74) is 2.90. The second-order valence-corrected chi connectivity index (χ2v) is 9.12. The normalized spacial score (nSPS) is 14.7. The predicted molar refractivity (Wildman–Crippen MR) is 143 cm³/mol. The summed E-state index contributed by atoms with van der Waals surface area (Å²) < 4.78 is 46.7. The number of halogens is 3. The fraction of sp³-hybridized carbons (Fsp3) is 0.370. The number of aryl methyl sites for hydroxylation is 2. The van der Waals surface area contributed by atoms with Gasteiger partial charge in [0.25, 0.3) is 0 Å². The number of aliphatic carboxylic acids is 1. The molecule has 2 aromatic carbocycles. The van der Waals surface area contributed by atoms with E-state index in [0.29, 0.717) is 24.1 Å². The van der Waals surface area contributed by atoms with Crippen LogP contribution in [0.1, 0.15) is 49.3 Å². The monoisotopic (exact) mass is 573 g/mol. The minimum Gasteiger partial charge on any atom is -0.494 e. The summed E-state index contributed by atoms with van der Waals surface area (Å²) in [5, 5.41) is 19.6. The van der Waals surface area contributed by atoms with Crippen molar-refractivity contribution in [1.82, 2.24) is 29.5 Å². The zero-order valence-corrected chi connectivity index (χ0v) is 22.7. The molecule has 14 heteroatoms. The smallest absolute Gasteiger partial charge is 0.490 e. The zero-order chi connectivity index (χ0) is 29.6. The van der Waals surface area contributed by atoms with Crippen molar-refractivity contribution < 1.29 is 32.5 Å². The summed E-state index contributed by atoms with van der Waals surface area (Å²) in [6.45, 7) is 5.38. The van der Waals surface area contributed by atoms with Crippen molar-refractivity contribution in [1.29, 1.82) is 0 Å². The number of fused-ring (bicyclic) bond motifs is 1. The number of rotatable bonds is 7. The van der Waals surface area contributed by atoms with E-state index in [4.69, 9.17) is 29.5 Å². The Labute approximate surface area is 234 Å². The van der Waals surface area contributed by atoms with Crippen LogP contribution < -0.4 is 14.8 Å². The topological polar surface area (TPSA) is 129 Å². The summed E-state index contributed by atoms with van der Waals surface area (Å²) in [7, 11) is 1.64. The molecule has 41 heavy (non-hydrogen) atoms. The van der Waals surface area contributed by atoms with Crippen molar-refractivity contribution >= 4 is 17.6 Å². The van der Waals surface area contributed by atoms with Crippen LogP contribution in [0.2, 0.25) is 0 Å². The Balaban J connectivity index is 0.000000493. The zero-order valence-electron chi connectivity index (χ0n) is 22.7. The molecule has 1 unspecified atom stereocenters. The van der Waals surface area contributed by atoms with Gasteiger partial charge in [-0.05, 0) is 56.5 Å². The van der Waals surface area contributed by atoms with Crippen LogP contribution in [0.15, 0.2) is 48.8 Å². The van der Waals surface area contributed by atoms with Crippen LogP contribution in [0.25, 0.3) is 5.69 Å². The molecule has 1 atom stereocenters. The summed E-state index contributed by atoms with van der Waals surface area (Å²) in [5.74, 6) is 1.30. The second-order valence-electron chi connectivity index (χ2n) is 9.12. The lowest BCUT2D eigenvalue weighted by atomic mass is 9.93. The van der Waals surface area contributed by atoms with E-state index in [-0.39, 0.29) is 5.92 Å². The fourth-order valence-electron chi connectivity index (χ4n) is 4.38. The molecule has 0 fully saturated rings. The summed E-state index contributed by atoms with van der Waals surface area (Å²) in [4.78, 5) is 18.0. The number of hydrogen-bond acceptors (Lipinski definition) is 8. The molecule has 2 N–H and O–H groups in total. The molecule has 0 bridgehead atoms. The maximum absolute atomic E-state index is 10.6. The van der Waals surface area contributed by atoms with Gasteiger partial charge in [0.05, 0.1) is 13.7 Å². The van der Waals surface area contributed by atoms with Gasteiger partial charge in [0.1, 0.15) is 35.2 Å². The van der Waals surface area contributed by atoms with Gasteiger partial charge in [0.2, 0.25) is 5.95 Å². The van der Waals surface area contributed by atoms with Gasteiger partial charge in [0.15, 0.2) is 0 Å². The van der Waals surface area contributed by atoms with Gasteiger partial charge in [-0.15, -0.1) is 5.10 Å². The molecule has 0 aliphatic carbocycles. The Bertz CT molecular complexity index is 1470. The highest BCUT2D eigenvalue weighted by Crippen LogP contribution is 2.34. The van der Waals surface area contributed by atoms with Gasteiger partial charge in [-0.2, -0.15) is 23.3 Å². The lowest BCUT2D eigenvalue weighted by Gasteiger charge is -2.15. The molecule has 218 valence electrons. The Hall–Kier alpha value is -4.62. The third-order valence-corrected chi connectivity index (χ3v) is 6.25. The summed E-state index contributed by atoms with van der Waals surface area (Å²) >= 11 is 0. The highest BCUT2D eigenvalue weighted by molar-refractivity contribution is 5.73. The van der Waals surface area contributed by atoms with Crippen molar-refractivity contribution in [3.63, 3.8) is 0 Å². The number of carbonyl (C=O) groups is 1. The van der Waals surface area contributed by atoms with E-state index in [1.165, 1.54) is 5.56 Å². The predicted octanol–water partition coefficient (Wildman–Crippen LogP) is 5.27. The average molecular weight is 574 g/mol. The van der Waals surface area contributed by atoms with Gasteiger partial charge in [-0.3, -0.25) is 0 Å². The van der Waals surface area contributed by atoms with E-state index < -0.39 is 12.1 Å². The second kappa shape index (κ2) is 12.7. The van der Waals surface area contributed by atoms with Crippen LogP contribution in [-0.4, -0.2) is 60.5 Å². The minimum atomic E-state index is -5.08. The molecule has 5 rings (SSSR count). The van der Waals surface area contributed by atoms with E-state index in [9.17, 15) is 13.2 Å². The SMILES string of the molecule is CCOc1ccc(C2CCCCn3nc(Nc4ccc(-n5cnc(C)n5)c(OC)c4)nc32)cc1.O=C(O)C(F)(F)F. The maximum Gasteiger partial charge on any atom is 0.490 e. The number of nitrogens with zero attached hydrogens (tertiary/aromatic N) is 6. The lowest BCUT2D eigenvalue weighted by molar-refractivity contribution is -0.192. The van der Waals surface area contributed by atoms with Crippen LogP contribution in [0, 0.1) is 6.92 Å². The van der Waals surface area contributed by atoms with Crippen LogP contribution >= 0.6 is 0 Å². The number of hydrogen-bond donors (Lipinski definition) is 2. The standard InChI is InChI=1S/C25H29N7O2.C2HF3O2/c1-4-34-20-11-8-18(9-12-20)21-7-5-6-14-31-24(21)28-25(30-31)27-19-10-13-22(23(15-19)33-3)32-16-26-17(2)29-32;3-2(4,5)1(6)7/h8-13,15-16,21H,4-7,14H2,1-3H3,(H,27,30);(H,6,7). The first-order valence-electron chi connectivity index (χ1n) is 12.9. The Morgan fingerprint density at radius 2 is 1.88 bits per heavy atom. The fourth-order valence-corrected chi connectivity index (χ4v) is 4.38. The molecular weight excluding hydrogens is 543 g/mol. The quantitative estimate of drug-likeness (QED) is 0.304. The number of benzene rings is 2. The van der Waals surface area contributed by atoms with E-state index >= 15 is 0 Å². The van der Waals surface area contributed by atoms with Gasteiger partial charge >= 0.3 is 12.1 Å². The molecule has 1 aliphatic heterocycles. The molecule has 4 aromatic rings. The summed E-state index contributed by atoms with van der Waals surface area (Å²) in [6, 6.07) is 14.2. The van der Waals surface area contributed by atoms with Gasteiger partial charge in [-0.1, -0.05) is 18.6 Å². The van der Waals surface area contributed by atoms with E-state index in [1.807, 2.05) is 48.9 Å². The van der Waals surface area contributed by atoms with Crippen LogP contribution in [0.5, 0.6) is 11.5 Å². The Morgan fingerprint density at radius 3 is 2.49 bits per heavy atom. The van der Waals surface area contributed by atoms with Gasteiger partial charge in [-0.25, -0.2) is 19.1 Å². The van der Waals surface area contributed by atoms with Crippen LogP contribution in [0.4, 0.5) is 24.8 Å². The maximum atomic E-state index is 10.6. The third-order valence-electron chi connectivity index (χ3n) is 6.25. The molecule has 0 spiro atoms. The van der Waals surface area contributed by atoms with E-state index in [1.54, 1.807) is 18.1 Å². The largest absolute Gasteiger partial charge is 0.494 e. The molecule has 11 nitrogen and oxygen atoms in total. The Morgan fingerprint density at radius 1 is 1.15 bits per heavy atom. The van der Waals surface area contributed by atoms with Crippen molar-refractivity contribution in [3.8, 4) is 17.2 Å².